The lowest BCUT2D eigenvalue weighted by Gasteiger charge is -2.30. The molecular weight excluding hydrogens is 392 g/mol. The van der Waals surface area contributed by atoms with Gasteiger partial charge in [0.15, 0.2) is 0 Å². The van der Waals surface area contributed by atoms with Crippen molar-refractivity contribution in [3.63, 3.8) is 0 Å². The van der Waals surface area contributed by atoms with Crippen molar-refractivity contribution in [2.75, 3.05) is 26.7 Å². The molecule has 1 N–H and O–H groups in total. The second-order valence-electron chi connectivity index (χ2n) is 8.34. The highest BCUT2D eigenvalue weighted by atomic mass is 16.3. The zero-order chi connectivity index (χ0) is 21.8. The van der Waals surface area contributed by atoms with Crippen LogP contribution in [0, 0.1) is 0 Å². The summed E-state index contributed by atoms with van der Waals surface area (Å²) in [4.78, 5) is 18.1. The van der Waals surface area contributed by atoms with Gasteiger partial charge in [-0.15, -0.1) is 10.2 Å². The standard InChI is InChI=1S/C23H28N6O2/c1-18(29-25-21(24-26-29)20-11-7-4-8-12-20)22(30)27(2)16-23(31)13-14-28(17-23)15-19-9-5-3-6-10-19/h3-12,18,31H,13-17H2,1-2H3/t18-,23+/m0/s1. The first-order valence-electron chi connectivity index (χ1n) is 10.5. The molecule has 1 aliphatic heterocycles. The van der Waals surface area contributed by atoms with E-state index in [0.717, 1.165) is 18.7 Å². The first-order chi connectivity index (χ1) is 14.9. The van der Waals surface area contributed by atoms with E-state index in [0.29, 0.717) is 18.8 Å². The lowest BCUT2D eigenvalue weighted by atomic mass is 10.0. The van der Waals surface area contributed by atoms with E-state index in [2.05, 4.69) is 32.4 Å². The molecule has 1 saturated heterocycles. The number of hydrogen-bond acceptors (Lipinski definition) is 6. The molecule has 1 aliphatic rings. The minimum atomic E-state index is -0.927. The average molecular weight is 421 g/mol. The van der Waals surface area contributed by atoms with E-state index in [-0.39, 0.29) is 12.5 Å². The Kier molecular flexibility index (Phi) is 6.11. The summed E-state index contributed by atoms with van der Waals surface area (Å²) in [6, 6.07) is 19.1. The summed E-state index contributed by atoms with van der Waals surface area (Å²) in [5.41, 5.74) is 1.14. The Hall–Kier alpha value is -3.10. The highest BCUT2D eigenvalue weighted by Crippen LogP contribution is 2.24. The van der Waals surface area contributed by atoms with Crippen LogP contribution in [-0.4, -0.2) is 73.3 Å². The van der Waals surface area contributed by atoms with Crippen LogP contribution in [-0.2, 0) is 11.3 Å². The smallest absolute Gasteiger partial charge is 0.248 e. The number of amides is 1. The summed E-state index contributed by atoms with van der Waals surface area (Å²) in [6.07, 6.45) is 0.631. The minimum absolute atomic E-state index is 0.160. The predicted octanol–water partition coefficient (Wildman–Crippen LogP) is 2.00. The zero-order valence-corrected chi connectivity index (χ0v) is 17.9. The van der Waals surface area contributed by atoms with Gasteiger partial charge in [0.1, 0.15) is 6.04 Å². The van der Waals surface area contributed by atoms with Crippen LogP contribution < -0.4 is 0 Å². The summed E-state index contributed by atoms with van der Waals surface area (Å²) in [6.45, 7) is 4.14. The fraction of sp³-hybridized carbons (Fsp3) is 0.391. The van der Waals surface area contributed by atoms with Gasteiger partial charge >= 0.3 is 0 Å². The Morgan fingerprint density at radius 2 is 1.84 bits per heavy atom. The number of benzene rings is 2. The molecule has 2 heterocycles. The second-order valence-corrected chi connectivity index (χ2v) is 8.34. The van der Waals surface area contributed by atoms with Gasteiger partial charge < -0.3 is 10.0 Å². The molecule has 0 bridgehead atoms. The van der Waals surface area contributed by atoms with Gasteiger partial charge in [-0.05, 0) is 24.1 Å². The third kappa shape index (κ3) is 4.98. The Morgan fingerprint density at radius 3 is 2.55 bits per heavy atom. The van der Waals surface area contributed by atoms with E-state index in [1.54, 1.807) is 18.9 Å². The number of nitrogens with zero attached hydrogens (tertiary/aromatic N) is 6. The van der Waals surface area contributed by atoms with Crippen LogP contribution in [0.5, 0.6) is 0 Å². The van der Waals surface area contributed by atoms with Crippen LogP contribution in [0.4, 0.5) is 0 Å². The molecule has 3 aromatic rings. The molecule has 8 nitrogen and oxygen atoms in total. The maximum absolute atomic E-state index is 13.0. The summed E-state index contributed by atoms with van der Waals surface area (Å²) < 4.78 is 0. The van der Waals surface area contributed by atoms with Crippen LogP contribution in [0.2, 0.25) is 0 Å². The van der Waals surface area contributed by atoms with E-state index >= 15 is 0 Å². The van der Waals surface area contributed by atoms with Gasteiger partial charge in [0.25, 0.3) is 0 Å². The summed E-state index contributed by atoms with van der Waals surface area (Å²) in [5, 5.41) is 23.6. The zero-order valence-electron chi connectivity index (χ0n) is 17.9. The van der Waals surface area contributed by atoms with Crippen LogP contribution in [0.1, 0.15) is 24.9 Å². The molecule has 1 aromatic heterocycles. The van der Waals surface area contributed by atoms with Crippen LogP contribution in [0.25, 0.3) is 11.4 Å². The molecule has 8 heteroatoms. The van der Waals surface area contributed by atoms with Crippen molar-refractivity contribution >= 4 is 5.91 Å². The van der Waals surface area contributed by atoms with Crippen molar-refractivity contribution in [2.24, 2.45) is 0 Å². The SMILES string of the molecule is C[C@@H](C(=O)N(C)C[C@]1(O)CCN(Cc2ccccc2)C1)n1nnc(-c2ccccc2)n1. The molecule has 0 unspecified atom stereocenters. The highest BCUT2D eigenvalue weighted by Gasteiger charge is 2.38. The van der Waals surface area contributed by atoms with Gasteiger partial charge in [-0.25, -0.2) is 0 Å². The van der Waals surface area contributed by atoms with Crippen LogP contribution in [0.15, 0.2) is 60.7 Å². The topological polar surface area (TPSA) is 87.4 Å². The third-order valence-electron chi connectivity index (χ3n) is 5.73. The van der Waals surface area contributed by atoms with Crippen molar-refractivity contribution < 1.29 is 9.90 Å². The molecule has 162 valence electrons. The number of likely N-dealkylation sites (tertiary alicyclic amines) is 1. The summed E-state index contributed by atoms with van der Waals surface area (Å²) in [5.74, 6) is 0.320. The number of likely N-dealkylation sites (N-methyl/N-ethyl adjacent to an activating group) is 1. The molecular formula is C23H28N6O2. The van der Waals surface area contributed by atoms with Gasteiger partial charge in [-0.1, -0.05) is 60.7 Å². The van der Waals surface area contributed by atoms with Crippen LogP contribution in [0.3, 0.4) is 0 Å². The van der Waals surface area contributed by atoms with Gasteiger partial charge in [0.2, 0.25) is 11.7 Å². The first-order valence-corrected chi connectivity index (χ1v) is 10.5. The summed E-state index contributed by atoms with van der Waals surface area (Å²) >= 11 is 0. The Morgan fingerprint density at radius 1 is 1.16 bits per heavy atom. The quantitative estimate of drug-likeness (QED) is 0.629. The normalized spacial score (nSPS) is 20.0. The first kappa shape index (κ1) is 21.1. The van der Waals surface area contributed by atoms with Crippen molar-refractivity contribution in [1.29, 1.82) is 0 Å². The molecule has 31 heavy (non-hydrogen) atoms. The van der Waals surface area contributed by atoms with Crippen molar-refractivity contribution in [1.82, 2.24) is 30.0 Å². The Labute approximate surface area is 182 Å². The fourth-order valence-electron chi connectivity index (χ4n) is 4.08. The molecule has 4 rings (SSSR count). The van der Waals surface area contributed by atoms with Gasteiger partial charge in [0, 0.05) is 32.2 Å². The second kappa shape index (κ2) is 8.95. The molecule has 0 saturated carbocycles. The van der Waals surface area contributed by atoms with E-state index in [9.17, 15) is 9.90 Å². The lowest BCUT2D eigenvalue weighted by Crippen LogP contribution is -2.47. The number of aromatic nitrogens is 4. The Balaban J connectivity index is 1.35. The number of hydrogen-bond donors (Lipinski definition) is 1. The fourth-order valence-corrected chi connectivity index (χ4v) is 4.08. The average Bonchev–Trinajstić information content (AvgIpc) is 3.41. The number of rotatable bonds is 7. The minimum Gasteiger partial charge on any atom is -0.387 e. The van der Waals surface area contributed by atoms with E-state index in [4.69, 9.17) is 0 Å². The monoisotopic (exact) mass is 420 g/mol. The summed E-state index contributed by atoms with van der Waals surface area (Å²) in [7, 11) is 1.71. The van der Waals surface area contributed by atoms with E-state index in [1.165, 1.54) is 10.4 Å². The van der Waals surface area contributed by atoms with Crippen molar-refractivity contribution in [3.05, 3.63) is 66.2 Å². The maximum Gasteiger partial charge on any atom is 0.248 e. The molecule has 0 aliphatic carbocycles. The number of tetrazole rings is 1. The lowest BCUT2D eigenvalue weighted by molar-refractivity contribution is -0.136. The van der Waals surface area contributed by atoms with E-state index in [1.807, 2.05) is 48.5 Å². The molecule has 2 atom stereocenters. The largest absolute Gasteiger partial charge is 0.387 e. The van der Waals surface area contributed by atoms with E-state index < -0.39 is 11.6 Å². The molecule has 0 radical (unpaired) electrons. The van der Waals surface area contributed by atoms with Gasteiger partial charge in [-0.2, -0.15) is 4.80 Å². The number of aliphatic hydroxyl groups is 1. The van der Waals surface area contributed by atoms with Gasteiger partial charge in [0.05, 0.1) is 12.1 Å². The molecule has 1 amide bonds. The third-order valence-corrected chi connectivity index (χ3v) is 5.73. The van der Waals surface area contributed by atoms with Crippen molar-refractivity contribution in [3.8, 4) is 11.4 Å². The Bertz CT molecular complexity index is 1010. The highest BCUT2D eigenvalue weighted by molar-refractivity contribution is 5.79. The predicted molar refractivity (Wildman–Crippen MR) is 117 cm³/mol. The molecule has 2 aromatic carbocycles. The number of carbonyl (C=O) groups excluding carboxylic acids is 1. The number of carbonyl (C=O) groups is 1. The maximum atomic E-state index is 13.0. The molecule has 0 spiro atoms. The molecule has 1 fully saturated rings. The van der Waals surface area contributed by atoms with Crippen molar-refractivity contribution in [2.45, 2.75) is 31.5 Å². The van der Waals surface area contributed by atoms with Gasteiger partial charge in [-0.3, -0.25) is 9.69 Å². The number of β-amino-alcohol motifs (C(OH)–C–C–N with tert-alkyl or cyclic N) is 1. The van der Waals surface area contributed by atoms with Crippen LogP contribution >= 0.6 is 0 Å².